The fraction of sp³-hybridized carbons (Fsp3) is 0.643. The molecule has 20 heavy (non-hydrogen) atoms. The molecule has 1 atom stereocenters. The van der Waals surface area contributed by atoms with Crippen LogP contribution < -0.4 is 10.6 Å². The number of allylic oxidation sites excluding steroid dienone is 2. The van der Waals surface area contributed by atoms with Crippen molar-refractivity contribution in [3.8, 4) is 0 Å². The van der Waals surface area contributed by atoms with Crippen LogP contribution in [0.15, 0.2) is 12.2 Å². The second-order valence-corrected chi connectivity index (χ2v) is 5.88. The van der Waals surface area contributed by atoms with Gasteiger partial charge in [0.25, 0.3) is 5.91 Å². The normalized spacial score (nSPS) is 17.6. The summed E-state index contributed by atoms with van der Waals surface area (Å²) in [4.78, 5) is 34.3. The van der Waals surface area contributed by atoms with Crippen LogP contribution in [0.5, 0.6) is 0 Å². The minimum absolute atomic E-state index is 0.203. The molecule has 0 fully saturated rings. The van der Waals surface area contributed by atoms with E-state index in [0.29, 0.717) is 0 Å². The number of hydrogen-bond acceptors (Lipinski definition) is 4. The van der Waals surface area contributed by atoms with E-state index in [1.165, 1.54) is 0 Å². The van der Waals surface area contributed by atoms with Gasteiger partial charge < -0.3 is 10.1 Å². The van der Waals surface area contributed by atoms with Crippen molar-refractivity contribution in [2.45, 2.75) is 45.6 Å². The van der Waals surface area contributed by atoms with Crippen LogP contribution in [0, 0.1) is 5.92 Å². The molecule has 0 radical (unpaired) electrons. The zero-order valence-corrected chi connectivity index (χ0v) is 12.2. The molecule has 3 amide bonds. The lowest BCUT2D eigenvalue weighted by Crippen LogP contribution is -2.49. The number of urea groups is 1. The first kappa shape index (κ1) is 16.2. The smallest absolute Gasteiger partial charge is 0.321 e. The molecule has 1 rings (SSSR count). The summed E-state index contributed by atoms with van der Waals surface area (Å²) >= 11 is 0. The van der Waals surface area contributed by atoms with E-state index in [0.717, 1.165) is 12.8 Å². The summed E-state index contributed by atoms with van der Waals surface area (Å²) in [6, 6.07) is -0.600. The SMILES string of the molecule is CC(C)(C)NC(=O)NC(=O)COC(=O)C[C@@H]1C=CCC1. The standard InChI is InChI=1S/C14H22N2O4/c1-14(2,3)16-13(19)15-11(17)9-20-12(18)8-10-6-4-5-7-10/h4,6,10H,5,7-9H2,1-3H3,(H2,15,16,17,19)/t10-/m1/s1. The Labute approximate surface area is 118 Å². The van der Waals surface area contributed by atoms with Gasteiger partial charge in [0.2, 0.25) is 0 Å². The molecule has 0 aromatic carbocycles. The summed E-state index contributed by atoms with van der Waals surface area (Å²) in [6.45, 7) is 4.96. The Morgan fingerprint density at radius 2 is 2.00 bits per heavy atom. The highest BCUT2D eigenvalue weighted by Crippen LogP contribution is 2.20. The molecule has 6 nitrogen and oxygen atoms in total. The fourth-order valence-corrected chi connectivity index (χ4v) is 1.82. The second-order valence-electron chi connectivity index (χ2n) is 5.88. The van der Waals surface area contributed by atoms with Crippen molar-refractivity contribution < 1.29 is 19.1 Å². The first-order valence-corrected chi connectivity index (χ1v) is 6.70. The third-order valence-corrected chi connectivity index (χ3v) is 2.65. The fourth-order valence-electron chi connectivity index (χ4n) is 1.82. The molecule has 0 spiro atoms. The lowest BCUT2D eigenvalue weighted by molar-refractivity contribution is -0.148. The third kappa shape index (κ3) is 6.92. The lowest BCUT2D eigenvalue weighted by atomic mass is 10.1. The van der Waals surface area contributed by atoms with E-state index in [4.69, 9.17) is 4.74 Å². The first-order valence-electron chi connectivity index (χ1n) is 6.70. The van der Waals surface area contributed by atoms with Crippen molar-refractivity contribution in [2.24, 2.45) is 5.92 Å². The molecular formula is C14H22N2O4. The molecule has 2 N–H and O–H groups in total. The maximum atomic E-state index is 11.5. The van der Waals surface area contributed by atoms with Crippen LogP contribution >= 0.6 is 0 Å². The van der Waals surface area contributed by atoms with E-state index in [-0.39, 0.29) is 12.3 Å². The zero-order chi connectivity index (χ0) is 15.2. The molecular weight excluding hydrogens is 260 g/mol. The number of imide groups is 1. The van der Waals surface area contributed by atoms with Gasteiger partial charge in [-0.15, -0.1) is 0 Å². The minimum atomic E-state index is -0.637. The maximum Gasteiger partial charge on any atom is 0.321 e. The van der Waals surface area contributed by atoms with E-state index >= 15 is 0 Å². The number of amides is 3. The molecule has 6 heteroatoms. The number of ether oxygens (including phenoxy) is 1. The predicted molar refractivity (Wildman–Crippen MR) is 73.9 cm³/mol. The molecule has 1 aliphatic carbocycles. The Balaban J connectivity index is 2.20. The summed E-state index contributed by atoms with van der Waals surface area (Å²) in [5.74, 6) is -0.857. The van der Waals surface area contributed by atoms with Crippen molar-refractivity contribution in [3.05, 3.63) is 12.2 Å². The van der Waals surface area contributed by atoms with Gasteiger partial charge in [-0.1, -0.05) is 12.2 Å². The van der Waals surface area contributed by atoms with Gasteiger partial charge in [0.05, 0.1) is 6.42 Å². The molecule has 0 aromatic heterocycles. The summed E-state index contributed by atoms with van der Waals surface area (Å²) in [5, 5.41) is 4.68. The van der Waals surface area contributed by atoms with E-state index in [9.17, 15) is 14.4 Å². The Hall–Kier alpha value is -1.85. The summed E-state index contributed by atoms with van der Waals surface area (Å²) in [5.41, 5.74) is -0.435. The van der Waals surface area contributed by atoms with Gasteiger partial charge in [-0.2, -0.15) is 0 Å². The van der Waals surface area contributed by atoms with Crippen molar-refractivity contribution in [3.63, 3.8) is 0 Å². The van der Waals surface area contributed by atoms with Crippen LogP contribution in [0.2, 0.25) is 0 Å². The Morgan fingerprint density at radius 1 is 1.30 bits per heavy atom. The molecule has 0 unspecified atom stereocenters. The van der Waals surface area contributed by atoms with Gasteiger partial charge in [0, 0.05) is 5.54 Å². The number of rotatable bonds is 4. The largest absolute Gasteiger partial charge is 0.456 e. The molecule has 0 aromatic rings. The summed E-state index contributed by atoms with van der Waals surface area (Å²) in [6.07, 6.45) is 6.21. The average molecular weight is 282 g/mol. The van der Waals surface area contributed by atoms with Crippen LogP contribution in [0.3, 0.4) is 0 Å². The summed E-state index contributed by atoms with van der Waals surface area (Å²) < 4.78 is 4.83. The topological polar surface area (TPSA) is 84.5 Å². The van der Waals surface area contributed by atoms with Gasteiger partial charge in [0.15, 0.2) is 6.61 Å². The van der Waals surface area contributed by atoms with Crippen LogP contribution in [-0.4, -0.2) is 30.1 Å². The van der Waals surface area contributed by atoms with Crippen molar-refractivity contribution in [2.75, 3.05) is 6.61 Å². The third-order valence-electron chi connectivity index (χ3n) is 2.65. The van der Waals surface area contributed by atoms with E-state index in [1.807, 2.05) is 12.2 Å². The number of esters is 1. The van der Waals surface area contributed by atoms with Gasteiger partial charge >= 0.3 is 12.0 Å². The van der Waals surface area contributed by atoms with Crippen LogP contribution in [0.25, 0.3) is 0 Å². The lowest BCUT2D eigenvalue weighted by Gasteiger charge is -2.20. The van der Waals surface area contributed by atoms with Crippen LogP contribution in [0.4, 0.5) is 4.79 Å². The highest BCUT2D eigenvalue weighted by Gasteiger charge is 2.18. The highest BCUT2D eigenvalue weighted by molar-refractivity contribution is 5.95. The molecule has 0 saturated carbocycles. The van der Waals surface area contributed by atoms with Crippen LogP contribution in [-0.2, 0) is 14.3 Å². The quantitative estimate of drug-likeness (QED) is 0.604. The van der Waals surface area contributed by atoms with Gasteiger partial charge in [-0.05, 0) is 39.5 Å². The molecule has 112 valence electrons. The van der Waals surface area contributed by atoms with Crippen molar-refractivity contribution in [1.82, 2.24) is 10.6 Å². The number of carbonyl (C=O) groups is 3. The van der Waals surface area contributed by atoms with Crippen molar-refractivity contribution >= 4 is 17.9 Å². The van der Waals surface area contributed by atoms with Gasteiger partial charge in [-0.25, -0.2) is 4.79 Å². The van der Waals surface area contributed by atoms with Crippen LogP contribution in [0.1, 0.15) is 40.0 Å². The molecule has 0 aliphatic heterocycles. The number of nitrogens with one attached hydrogen (secondary N) is 2. The molecule has 0 heterocycles. The Bertz CT molecular complexity index is 410. The molecule has 1 aliphatic rings. The molecule has 0 bridgehead atoms. The van der Waals surface area contributed by atoms with Gasteiger partial charge in [0.1, 0.15) is 0 Å². The molecule has 0 saturated heterocycles. The monoisotopic (exact) mass is 282 g/mol. The number of hydrogen-bond donors (Lipinski definition) is 2. The maximum absolute atomic E-state index is 11.5. The average Bonchev–Trinajstić information content (AvgIpc) is 2.76. The minimum Gasteiger partial charge on any atom is -0.456 e. The Morgan fingerprint density at radius 3 is 2.55 bits per heavy atom. The van der Waals surface area contributed by atoms with E-state index < -0.39 is 30.1 Å². The van der Waals surface area contributed by atoms with Gasteiger partial charge in [-0.3, -0.25) is 14.9 Å². The Kier molecular flexibility index (Phi) is 5.73. The van der Waals surface area contributed by atoms with Crippen molar-refractivity contribution in [1.29, 1.82) is 0 Å². The highest BCUT2D eigenvalue weighted by atomic mass is 16.5. The predicted octanol–water partition coefficient (Wildman–Crippen LogP) is 1.51. The zero-order valence-electron chi connectivity index (χ0n) is 12.2. The van der Waals surface area contributed by atoms with E-state index in [1.54, 1.807) is 20.8 Å². The van der Waals surface area contributed by atoms with E-state index in [2.05, 4.69) is 10.6 Å². The first-order chi connectivity index (χ1) is 9.26. The number of carbonyl (C=O) groups excluding carboxylic acids is 3. The summed E-state index contributed by atoms with van der Waals surface area (Å²) in [7, 11) is 0. The second kappa shape index (κ2) is 7.07.